The zero-order valence-electron chi connectivity index (χ0n) is 11.0. The first kappa shape index (κ1) is 14.0. The summed E-state index contributed by atoms with van der Waals surface area (Å²) in [6, 6.07) is 13.0. The molecule has 1 N–H and O–H groups in total. The van der Waals surface area contributed by atoms with Crippen molar-refractivity contribution >= 4 is 0 Å². The minimum absolute atomic E-state index is 0.120. The van der Waals surface area contributed by atoms with Crippen LogP contribution in [0.15, 0.2) is 42.5 Å². The fourth-order valence-corrected chi connectivity index (χ4v) is 1.79. The minimum Gasteiger partial charge on any atom is -0.489 e. The van der Waals surface area contributed by atoms with Gasteiger partial charge < -0.3 is 9.84 Å². The fraction of sp³-hybridized carbons (Fsp3) is 0.188. The van der Waals surface area contributed by atoms with Gasteiger partial charge in [-0.05, 0) is 42.8 Å². The number of aliphatic hydroxyl groups is 1. The number of ether oxygens (including phenoxy) is 1. The highest BCUT2D eigenvalue weighted by Gasteiger charge is 2.05. The third-order valence-corrected chi connectivity index (χ3v) is 2.94. The molecule has 0 spiro atoms. The van der Waals surface area contributed by atoms with E-state index >= 15 is 0 Å². The molecule has 0 radical (unpaired) electrons. The van der Waals surface area contributed by atoms with Crippen LogP contribution < -0.4 is 4.74 Å². The summed E-state index contributed by atoms with van der Waals surface area (Å²) in [6.45, 7) is 1.80. The summed E-state index contributed by atoms with van der Waals surface area (Å²) in [5.74, 6) is 0.203. The summed E-state index contributed by atoms with van der Waals surface area (Å²) in [6.07, 6.45) is -0.530. The van der Waals surface area contributed by atoms with Crippen molar-refractivity contribution in [3.8, 4) is 11.8 Å². The number of benzene rings is 2. The van der Waals surface area contributed by atoms with Crippen LogP contribution in [0.25, 0.3) is 0 Å². The van der Waals surface area contributed by atoms with Gasteiger partial charge in [-0.2, -0.15) is 5.26 Å². The smallest absolute Gasteiger partial charge is 0.123 e. The lowest BCUT2D eigenvalue weighted by Gasteiger charge is -2.09. The van der Waals surface area contributed by atoms with Crippen molar-refractivity contribution in [3.05, 3.63) is 65.0 Å². The SMILES string of the molecule is C[C@@H](O)c1ccc(OCc2cc(F)ccc2C#N)cc1. The lowest BCUT2D eigenvalue weighted by molar-refractivity contribution is 0.199. The summed E-state index contributed by atoms with van der Waals surface area (Å²) < 4.78 is 18.7. The molecule has 3 nitrogen and oxygen atoms in total. The third-order valence-electron chi connectivity index (χ3n) is 2.94. The average Bonchev–Trinajstić information content (AvgIpc) is 2.45. The number of nitriles is 1. The van der Waals surface area contributed by atoms with Gasteiger partial charge in [-0.1, -0.05) is 12.1 Å². The molecule has 0 aliphatic carbocycles. The first-order valence-electron chi connectivity index (χ1n) is 6.19. The largest absolute Gasteiger partial charge is 0.489 e. The van der Waals surface area contributed by atoms with Gasteiger partial charge in [-0.25, -0.2) is 4.39 Å². The van der Waals surface area contributed by atoms with Gasteiger partial charge in [0.05, 0.1) is 17.7 Å². The number of rotatable bonds is 4. The van der Waals surface area contributed by atoms with E-state index in [1.54, 1.807) is 31.2 Å². The van der Waals surface area contributed by atoms with Crippen LogP contribution in [0.2, 0.25) is 0 Å². The molecule has 102 valence electrons. The molecule has 2 aromatic rings. The summed E-state index contributed by atoms with van der Waals surface area (Å²) in [4.78, 5) is 0. The Morgan fingerprint density at radius 1 is 1.25 bits per heavy atom. The number of nitrogens with zero attached hydrogens (tertiary/aromatic N) is 1. The van der Waals surface area contributed by atoms with Crippen molar-refractivity contribution in [2.75, 3.05) is 0 Å². The maximum absolute atomic E-state index is 13.2. The maximum atomic E-state index is 13.2. The monoisotopic (exact) mass is 271 g/mol. The van der Waals surface area contributed by atoms with E-state index in [4.69, 9.17) is 10.00 Å². The molecule has 2 aromatic carbocycles. The Kier molecular flexibility index (Phi) is 4.34. The second-order valence-corrected chi connectivity index (χ2v) is 4.45. The van der Waals surface area contributed by atoms with Gasteiger partial charge in [0.15, 0.2) is 0 Å². The van der Waals surface area contributed by atoms with Crippen molar-refractivity contribution in [3.63, 3.8) is 0 Å². The van der Waals surface area contributed by atoms with Gasteiger partial charge in [-0.3, -0.25) is 0 Å². The van der Waals surface area contributed by atoms with E-state index in [0.29, 0.717) is 16.9 Å². The molecule has 0 bridgehead atoms. The number of halogens is 1. The van der Waals surface area contributed by atoms with Gasteiger partial charge in [-0.15, -0.1) is 0 Å². The molecule has 0 saturated carbocycles. The molecule has 20 heavy (non-hydrogen) atoms. The van der Waals surface area contributed by atoms with E-state index in [1.807, 2.05) is 6.07 Å². The van der Waals surface area contributed by atoms with Crippen LogP contribution >= 0.6 is 0 Å². The molecule has 1 atom stereocenters. The highest BCUT2D eigenvalue weighted by atomic mass is 19.1. The predicted molar refractivity (Wildman–Crippen MR) is 72.5 cm³/mol. The van der Waals surface area contributed by atoms with Crippen LogP contribution in [0.5, 0.6) is 5.75 Å². The fourth-order valence-electron chi connectivity index (χ4n) is 1.79. The summed E-state index contributed by atoms with van der Waals surface area (Å²) in [5.41, 5.74) is 1.69. The molecule has 0 aliphatic heterocycles. The molecule has 0 amide bonds. The predicted octanol–water partition coefficient (Wildman–Crippen LogP) is 3.33. The lowest BCUT2D eigenvalue weighted by Crippen LogP contribution is -1.99. The molecule has 0 fully saturated rings. The van der Waals surface area contributed by atoms with Gasteiger partial charge in [0.25, 0.3) is 0 Å². The van der Waals surface area contributed by atoms with E-state index in [1.165, 1.54) is 18.2 Å². The van der Waals surface area contributed by atoms with Gasteiger partial charge in [0.1, 0.15) is 18.2 Å². The van der Waals surface area contributed by atoms with Crippen LogP contribution in [0.1, 0.15) is 29.7 Å². The van der Waals surface area contributed by atoms with E-state index in [2.05, 4.69) is 0 Å². The third kappa shape index (κ3) is 3.34. The quantitative estimate of drug-likeness (QED) is 0.928. The van der Waals surface area contributed by atoms with Crippen LogP contribution in [0.4, 0.5) is 4.39 Å². The zero-order valence-corrected chi connectivity index (χ0v) is 11.0. The first-order chi connectivity index (χ1) is 9.60. The zero-order chi connectivity index (χ0) is 14.5. The van der Waals surface area contributed by atoms with E-state index in [-0.39, 0.29) is 6.61 Å². The van der Waals surface area contributed by atoms with Crippen molar-refractivity contribution in [2.24, 2.45) is 0 Å². The Bertz CT molecular complexity index is 630. The van der Waals surface area contributed by atoms with Crippen LogP contribution in [-0.4, -0.2) is 5.11 Å². The van der Waals surface area contributed by atoms with E-state index in [9.17, 15) is 9.50 Å². The Balaban J connectivity index is 2.09. The average molecular weight is 271 g/mol. The second kappa shape index (κ2) is 6.18. The second-order valence-electron chi connectivity index (χ2n) is 4.45. The highest BCUT2D eigenvalue weighted by Crippen LogP contribution is 2.19. The number of hydrogen-bond donors (Lipinski definition) is 1. The summed E-state index contributed by atoms with van der Waals surface area (Å²) in [5, 5.41) is 18.4. The molecule has 0 saturated heterocycles. The Morgan fingerprint density at radius 3 is 2.55 bits per heavy atom. The van der Waals surface area contributed by atoms with Gasteiger partial charge in [0.2, 0.25) is 0 Å². The van der Waals surface area contributed by atoms with Gasteiger partial charge >= 0.3 is 0 Å². The van der Waals surface area contributed by atoms with Crippen molar-refractivity contribution in [1.82, 2.24) is 0 Å². The highest BCUT2D eigenvalue weighted by molar-refractivity contribution is 5.38. The van der Waals surface area contributed by atoms with Crippen molar-refractivity contribution < 1.29 is 14.2 Å². The number of hydrogen-bond acceptors (Lipinski definition) is 3. The molecular formula is C16H14FNO2. The minimum atomic E-state index is -0.530. The topological polar surface area (TPSA) is 53.2 Å². The molecule has 0 aliphatic rings. The standard InChI is InChI=1S/C16H14FNO2/c1-11(19)12-3-6-16(7-4-12)20-10-14-8-15(17)5-2-13(14)9-18/h2-8,11,19H,10H2,1H3/t11-/m1/s1. The summed E-state index contributed by atoms with van der Waals surface area (Å²) >= 11 is 0. The lowest BCUT2D eigenvalue weighted by atomic mass is 10.1. The first-order valence-corrected chi connectivity index (χ1v) is 6.19. The van der Waals surface area contributed by atoms with Crippen LogP contribution in [0.3, 0.4) is 0 Å². The van der Waals surface area contributed by atoms with Crippen LogP contribution in [-0.2, 0) is 6.61 Å². The van der Waals surface area contributed by atoms with E-state index in [0.717, 1.165) is 5.56 Å². The number of aliphatic hydroxyl groups excluding tert-OH is 1. The molecule has 0 heterocycles. The summed E-state index contributed by atoms with van der Waals surface area (Å²) in [7, 11) is 0. The molecule has 2 rings (SSSR count). The molecule has 4 heteroatoms. The normalized spacial score (nSPS) is 11.7. The van der Waals surface area contributed by atoms with E-state index < -0.39 is 11.9 Å². The maximum Gasteiger partial charge on any atom is 0.123 e. The van der Waals surface area contributed by atoms with Gasteiger partial charge in [0, 0.05) is 5.56 Å². The Morgan fingerprint density at radius 2 is 1.95 bits per heavy atom. The Hall–Kier alpha value is -2.38. The molecule has 0 unspecified atom stereocenters. The van der Waals surface area contributed by atoms with Crippen molar-refractivity contribution in [1.29, 1.82) is 5.26 Å². The van der Waals surface area contributed by atoms with Crippen LogP contribution in [0, 0.1) is 17.1 Å². The Labute approximate surface area is 116 Å². The molecular weight excluding hydrogens is 257 g/mol. The van der Waals surface area contributed by atoms with Crippen molar-refractivity contribution in [2.45, 2.75) is 19.6 Å². The molecule has 0 aromatic heterocycles.